The van der Waals surface area contributed by atoms with E-state index in [0.717, 1.165) is 0 Å². The number of alkyl halides is 6. The van der Waals surface area contributed by atoms with Crippen molar-refractivity contribution in [1.29, 1.82) is 0 Å². The molecule has 1 atom stereocenters. The number of rotatable bonds is 7. The Labute approximate surface area is 151 Å². The Morgan fingerprint density at radius 1 is 1.00 bits per heavy atom. The fraction of sp³-hybridized carbons (Fsp3) is 0.769. The second-order valence-electron chi connectivity index (χ2n) is 5.87. The molecule has 1 aliphatic rings. The zero-order chi connectivity index (χ0) is 21.3. The molecule has 0 aromatic rings. The lowest BCUT2D eigenvalue weighted by Gasteiger charge is -2.28. The van der Waals surface area contributed by atoms with Crippen molar-refractivity contribution in [3.05, 3.63) is 12.7 Å². The van der Waals surface area contributed by atoms with Crippen molar-refractivity contribution in [1.82, 2.24) is 0 Å². The highest BCUT2D eigenvalue weighted by Crippen LogP contribution is 2.41. The van der Waals surface area contributed by atoms with Crippen LogP contribution in [0, 0.1) is 5.92 Å². The van der Waals surface area contributed by atoms with Gasteiger partial charge in [0.1, 0.15) is 6.10 Å². The van der Waals surface area contributed by atoms with E-state index in [1.54, 1.807) is 0 Å². The molecule has 0 radical (unpaired) electrons. The molecule has 1 aliphatic carbocycles. The van der Waals surface area contributed by atoms with Crippen LogP contribution in [0.5, 0.6) is 0 Å². The van der Waals surface area contributed by atoms with Gasteiger partial charge >= 0.3 is 17.0 Å². The third kappa shape index (κ3) is 5.15. The largest absolute Gasteiger partial charge is 0.498 e. The van der Waals surface area contributed by atoms with Crippen LogP contribution in [-0.4, -0.2) is 44.5 Å². The molecular weight excluding hydrogens is 430 g/mol. The molecule has 1 unspecified atom stereocenters. The summed E-state index contributed by atoms with van der Waals surface area (Å²) in [5.41, 5.74) is -12.5. The van der Waals surface area contributed by atoms with Gasteiger partial charge in [0.2, 0.25) is 0 Å². The van der Waals surface area contributed by atoms with Gasteiger partial charge in [-0.3, -0.25) is 0 Å². The van der Waals surface area contributed by atoms with Gasteiger partial charge in [-0.2, -0.15) is 26.3 Å². The first-order chi connectivity index (χ1) is 12.1. The summed E-state index contributed by atoms with van der Waals surface area (Å²) in [4.78, 5) is 11.4. The first kappa shape index (κ1) is 23.7. The van der Waals surface area contributed by atoms with Gasteiger partial charge < -0.3 is 4.74 Å². The maximum absolute atomic E-state index is 12.8. The number of carbonyl (C=O) groups is 1. The number of hydrogen-bond donors (Lipinski definition) is 0. The summed E-state index contributed by atoms with van der Waals surface area (Å²) in [6.07, 6.45) is -1.41. The standard InChI is InChI=1S/C13H16F6O6S2/c1-2-10(20)25-9(8-5-3-4-6-8)7-11(26(21,22)12(14,15)16)27(23,24)13(17,18)19/h2,8-9,11H,1,3-7H2. The summed E-state index contributed by atoms with van der Waals surface area (Å²) in [6.45, 7) is 3.02. The molecular formula is C13H16F6O6S2. The molecule has 0 aromatic heterocycles. The highest BCUT2D eigenvalue weighted by atomic mass is 32.3. The Hall–Kier alpha value is -1.31. The van der Waals surface area contributed by atoms with Gasteiger partial charge in [-0.25, -0.2) is 21.6 Å². The molecule has 0 bridgehead atoms. The van der Waals surface area contributed by atoms with E-state index in [2.05, 4.69) is 6.58 Å². The van der Waals surface area contributed by atoms with Crippen molar-refractivity contribution in [2.75, 3.05) is 0 Å². The zero-order valence-corrected chi connectivity index (χ0v) is 15.2. The number of carbonyl (C=O) groups excluding carboxylic acids is 1. The fourth-order valence-electron chi connectivity index (χ4n) is 2.77. The van der Waals surface area contributed by atoms with Gasteiger partial charge in [0.05, 0.1) is 0 Å². The molecule has 0 saturated heterocycles. The van der Waals surface area contributed by atoms with E-state index in [1.807, 2.05) is 0 Å². The van der Waals surface area contributed by atoms with E-state index in [4.69, 9.17) is 4.74 Å². The molecule has 0 spiro atoms. The predicted octanol–water partition coefficient (Wildman–Crippen LogP) is 2.86. The highest BCUT2D eigenvalue weighted by Gasteiger charge is 2.63. The van der Waals surface area contributed by atoms with Gasteiger partial charge in [0.25, 0.3) is 19.7 Å². The van der Waals surface area contributed by atoms with Gasteiger partial charge in [-0.1, -0.05) is 19.4 Å². The number of esters is 1. The minimum Gasteiger partial charge on any atom is -0.459 e. The van der Waals surface area contributed by atoms with E-state index in [9.17, 15) is 48.0 Å². The van der Waals surface area contributed by atoms with E-state index < -0.39 is 59.7 Å². The minimum absolute atomic E-state index is 0.222. The summed E-state index contributed by atoms with van der Waals surface area (Å²) in [5.74, 6) is -2.00. The number of hydrogen-bond acceptors (Lipinski definition) is 6. The Kier molecular flexibility index (Phi) is 7.01. The zero-order valence-electron chi connectivity index (χ0n) is 13.6. The van der Waals surface area contributed by atoms with E-state index in [0.29, 0.717) is 18.9 Å². The monoisotopic (exact) mass is 446 g/mol. The average Bonchev–Trinajstić information content (AvgIpc) is 3.02. The number of halogens is 6. The van der Waals surface area contributed by atoms with Crippen LogP contribution in [0.4, 0.5) is 26.3 Å². The molecule has 0 heterocycles. The van der Waals surface area contributed by atoms with Crippen LogP contribution in [0.3, 0.4) is 0 Å². The summed E-state index contributed by atoms with van der Waals surface area (Å²) in [7, 11) is -13.5. The topological polar surface area (TPSA) is 94.6 Å². The van der Waals surface area contributed by atoms with Crippen molar-refractivity contribution >= 4 is 25.6 Å². The minimum atomic E-state index is -6.77. The van der Waals surface area contributed by atoms with E-state index >= 15 is 0 Å². The van der Waals surface area contributed by atoms with Gasteiger partial charge in [-0.05, 0) is 18.8 Å². The second-order valence-corrected chi connectivity index (χ2v) is 10.4. The maximum atomic E-state index is 12.8. The molecule has 0 aliphatic heterocycles. The normalized spacial score (nSPS) is 18.5. The molecule has 27 heavy (non-hydrogen) atoms. The summed E-state index contributed by atoms with van der Waals surface area (Å²) < 4.78 is 124. The Balaban J connectivity index is 3.44. The molecule has 0 N–H and O–H groups in total. The molecule has 1 fully saturated rings. The van der Waals surface area contributed by atoms with Crippen LogP contribution in [-0.2, 0) is 29.2 Å². The molecule has 1 saturated carbocycles. The van der Waals surface area contributed by atoms with Gasteiger partial charge in [0.15, 0.2) is 4.58 Å². The van der Waals surface area contributed by atoms with Crippen LogP contribution in [0.15, 0.2) is 12.7 Å². The molecule has 14 heteroatoms. The van der Waals surface area contributed by atoms with E-state index in [1.165, 1.54) is 0 Å². The van der Waals surface area contributed by atoms with Crippen molar-refractivity contribution < 1.29 is 52.7 Å². The third-order valence-electron chi connectivity index (χ3n) is 4.12. The fourth-order valence-corrected chi connectivity index (χ4v) is 6.24. The molecule has 0 amide bonds. The lowest BCUT2D eigenvalue weighted by molar-refractivity contribution is -0.145. The molecule has 0 aromatic carbocycles. The van der Waals surface area contributed by atoms with Crippen LogP contribution >= 0.6 is 0 Å². The summed E-state index contributed by atoms with van der Waals surface area (Å²) >= 11 is 0. The van der Waals surface area contributed by atoms with Crippen LogP contribution in [0.2, 0.25) is 0 Å². The third-order valence-corrected chi connectivity index (χ3v) is 8.70. The average molecular weight is 446 g/mol. The summed E-state index contributed by atoms with van der Waals surface area (Å²) in [5, 5.41) is 0. The Morgan fingerprint density at radius 3 is 1.74 bits per heavy atom. The molecule has 6 nitrogen and oxygen atoms in total. The quantitative estimate of drug-likeness (QED) is 0.339. The van der Waals surface area contributed by atoms with Crippen molar-refractivity contribution in [2.45, 2.75) is 53.8 Å². The Morgan fingerprint density at radius 2 is 1.41 bits per heavy atom. The SMILES string of the molecule is C=CC(=O)OC(CC(S(=O)(=O)C(F)(F)F)S(=O)(=O)C(F)(F)F)C1CCCC1. The summed E-state index contributed by atoms with van der Waals surface area (Å²) in [6, 6.07) is 0. The van der Waals surface area contributed by atoms with Crippen molar-refractivity contribution in [3.63, 3.8) is 0 Å². The maximum Gasteiger partial charge on any atom is 0.498 e. The van der Waals surface area contributed by atoms with E-state index in [-0.39, 0.29) is 12.8 Å². The Bertz CT molecular complexity index is 718. The van der Waals surface area contributed by atoms with Crippen LogP contribution in [0.1, 0.15) is 32.1 Å². The molecule has 1 rings (SSSR count). The van der Waals surface area contributed by atoms with Gasteiger partial charge in [-0.15, -0.1) is 0 Å². The van der Waals surface area contributed by atoms with Gasteiger partial charge in [0, 0.05) is 12.5 Å². The predicted molar refractivity (Wildman–Crippen MR) is 80.4 cm³/mol. The smallest absolute Gasteiger partial charge is 0.459 e. The first-order valence-electron chi connectivity index (χ1n) is 7.49. The lowest BCUT2D eigenvalue weighted by Crippen LogP contribution is -2.47. The second kappa shape index (κ2) is 7.97. The number of sulfone groups is 2. The number of ether oxygens (including phenoxy) is 1. The van der Waals surface area contributed by atoms with Crippen molar-refractivity contribution in [2.24, 2.45) is 5.92 Å². The van der Waals surface area contributed by atoms with Crippen molar-refractivity contribution in [3.8, 4) is 0 Å². The molecule has 158 valence electrons. The van der Waals surface area contributed by atoms with Crippen LogP contribution < -0.4 is 0 Å². The first-order valence-corrected chi connectivity index (χ1v) is 10.6. The highest BCUT2D eigenvalue weighted by molar-refractivity contribution is 8.09. The van der Waals surface area contributed by atoms with Crippen LogP contribution in [0.25, 0.3) is 0 Å². The lowest BCUT2D eigenvalue weighted by atomic mass is 9.98.